The molecule has 0 bridgehead atoms. The molecule has 1 atom stereocenters. The lowest BCUT2D eigenvalue weighted by atomic mass is 10.0. The molecular weight excluding hydrogens is 710 g/mol. The Hall–Kier alpha value is -4.94. The van der Waals surface area contributed by atoms with Crippen molar-refractivity contribution in [3.05, 3.63) is 122 Å². The van der Waals surface area contributed by atoms with Crippen molar-refractivity contribution in [3.63, 3.8) is 0 Å². The van der Waals surface area contributed by atoms with Gasteiger partial charge in [-0.2, -0.15) is 0 Å². The van der Waals surface area contributed by atoms with Crippen LogP contribution in [0.1, 0.15) is 51.9 Å². The highest BCUT2D eigenvalue weighted by Crippen LogP contribution is 2.30. The van der Waals surface area contributed by atoms with Crippen LogP contribution in [0.4, 0.5) is 5.82 Å². The van der Waals surface area contributed by atoms with Crippen molar-refractivity contribution in [3.8, 4) is 22.7 Å². The molecule has 0 radical (unpaired) electrons. The molecule has 0 spiro atoms. The van der Waals surface area contributed by atoms with E-state index in [9.17, 15) is 14.4 Å². The molecule has 11 nitrogen and oxygen atoms in total. The molecule has 0 saturated heterocycles. The molecule has 5 aromatic rings. The number of rotatable bonds is 9. The molecule has 3 aromatic carbocycles. The fourth-order valence-electron chi connectivity index (χ4n) is 6.03. The summed E-state index contributed by atoms with van der Waals surface area (Å²) in [7, 11) is 1.79. The Morgan fingerprint density at radius 1 is 1.04 bits per heavy atom. The second kappa shape index (κ2) is 13.5. The third-order valence-electron chi connectivity index (χ3n) is 8.76. The fourth-order valence-corrected chi connectivity index (χ4v) is 6.46. The number of carbonyl (C=O) groups is 2. The van der Waals surface area contributed by atoms with Gasteiger partial charge in [0.2, 0.25) is 0 Å². The number of nitrogens with one attached hydrogen (secondary N) is 2. The summed E-state index contributed by atoms with van der Waals surface area (Å²) in [5, 5.41) is 6.49. The van der Waals surface area contributed by atoms with Gasteiger partial charge >= 0.3 is 5.69 Å². The van der Waals surface area contributed by atoms with Crippen molar-refractivity contribution in [1.82, 2.24) is 29.3 Å². The predicted molar refractivity (Wildman–Crippen MR) is 190 cm³/mol. The summed E-state index contributed by atoms with van der Waals surface area (Å²) in [6.45, 7) is 2.31. The van der Waals surface area contributed by atoms with Crippen LogP contribution in [0.15, 0.2) is 88.4 Å². The van der Waals surface area contributed by atoms with E-state index in [1.54, 1.807) is 46.8 Å². The smallest absolute Gasteiger partial charge is 0.333 e. The Morgan fingerprint density at radius 3 is 2.55 bits per heavy atom. The third-order valence-corrected chi connectivity index (χ3v) is 10.00. The molecule has 13 heteroatoms. The van der Waals surface area contributed by atoms with Crippen molar-refractivity contribution in [2.24, 2.45) is 0 Å². The van der Waals surface area contributed by atoms with E-state index in [1.807, 2.05) is 49.4 Å². The van der Waals surface area contributed by atoms with Gasteiger partial charge in [-0.15, -0.1) is 0 Å². The molecule has 250 valence electrons. The number of imidazole rings is 1. The SMILES string of the molecule is CNc1cc(-c2ccccc2CNC(=O)c2c3n(c(=O)n2-c2ccc(OC4CC4)cc2)C[C@H](C)N(C(=O)c2ccc(Br)c(Cl)c2)C3)ncn1. The monoisotopic (exact) mass is 741 g/mol. The maximum absolute atomic E-state index is 14.3. The van der Waals surface area contributed by atoms with Crippen molar-refractivity contribution in [1.29, 1.82) is 0 Å². The molecule has 0 unspecified atom stereocenters. The second-order valence-corrected chi connectivity index (χ2v) is 13.4. The molecule has 1 fully saturated rings. The molecule has 2 aliphatic rings. The Balaban J connectivity index is 1.25. The number of hydrogen-bond donors (Lipinski definition) is 2. The molecule has 2 N–H and O–H groups in total. The maximum Gasteiger partial charge on any atom is 0.333 e. The largest absolute Gasteiger partial charge is 0.490 e. The summed E-state index contributed by atoms with van der Waals surface area (Å²) >= 11 is 9.71. The van der Waals surface area contributed by atoms with Crippen molar-refractivity contribution < 1.29 is 14.3 Å². The average molecular weight is 743 g/mol. The minimum Gasteiger partial charge on any atom is -0.490 e. The Bertz CT molecular complexity index is 2130. The number of halogens is 2. The van der Waals surface area contributed by atoms with Crippen LogP contribution in [-0.2, 0) is 19.6 Å². The summed E-state index contributed by atoms with van der Waals surface area (Å²) in [5.41, 5.74) is 3.55. The number of carbonyl (C=O) groups excluding carboxylic acids is 2. The van der Waals surface area contributed by atoms with Crippen molar-refractivity contribution in [2.45, 2.75) is 51.5 Å². The van der Waals surface area contributed by atoms with Crippen LogP contribution in [0.5, 0.6) is 5.75 Å². The van der Waals surface area contributed by atoms with Gasteiger partial charge in [0.15, 0.2) is 0 Å². The summed E-state index contributed by atoms with van der Waals surface area (Å²) in [5.74, 6) is 0.670. The van der Waals surface area contributed by atoms with E-state index in [4.69, 9.17) is 16.3 Å². The number of hydrogen-bond acceptors (Lipinski definition) is 7. The summed E-state index contributed by atoms with van der Waals surface area (Å²) in [6, 6.07) is 21.4. The van der Waals surface area contributed by atoms with E-state index in [-0.39, 0.29) is 49.1 Å². The van der Waals surface area contributed by atoms with Gasteiger partial charge in [0.25, 0.3) is 11.8 Å². The average Bonchev–Trinajstić information content (AvgIpc) is 3.90. The van der Waals surface area contributed by atoms with E-state index >= 15 is 0 Å². The van der Waals surface area contributed by atoms with Crippen LogP contribution in [0.25, 0.3) is 16.9 Å². The lowest BCUT2D eigenvalue weighted by Gasteiger charge is -2.34. The fraction of sp³-hybridized carbons (Fsp3) is 0.250. The molecule has 2 amide bonds. The quantitative estimate of drug-likeness (QED) is 0.188. The molecule has 7 rings (SSSR count). The molecule has 1 saturated carbocycles. The van der Waals surface area contributed by atoms with Gasteiger partial charge in [-0.05, 0) is 83.7 Å². The topological polar surface area (TPSA) is 123 Å². The van der Waals surface area contributed by atoms with Crippen LogP contribution >= 0.6 is 27.5 Å². The van der Waals surface area contributed by atoms with Crippen molar-refractivity contribution >= 4 is 45.2 Å². The van der Waals surface area contributed by atoms with Gasteiger partial charge in [-0.3, -0.25) is 18.7 Å². The van der Waals surface area contributed by atoms with E-state index in [1.165, 1.54) is 10.9 Å². The molecule has 2 aromatic heterocycles. The highest BCUT2D eigenvalue weighted by Gasteiger charge is 2.35. The van der Waals surface area contributed by atoms with Crippen molar-refractivity contribution in [2.75, 3.05) is 12.4 Å². The van der Waals surface area contributed by atoms with E-state index < -0.39 is 5.91 Å². The lowest BCUT2D eigenvalue weighted by Crippen LogP contribution is -2.47. The molecule has 49 heavy (non-hydrogen) atoms. The first-order valence-electron chi connectivity index (χ1n) is 16.0. The van der Waals surface area contributed by atoms with Crippen LogP contribution in [0.2, 0.25) is 5.02 Å². The Morgan fingerprint density at radius 2 is 1.82 bits per heavy atom. The van der Waals surface area contributed by atoms with Crippen LogP contribution in [0.3, 0.4) is 0 Å². The number of ether oxygens (including phenoxy) is 1. The van der Waals surface area contributed by atoms with E-state index in [2.05, 4.69) is 36.5 Å². The Kier molecular flexibility index (Phi) is 9.00. The number of amides is 2. The van der Waals surface area contributed by atoms with Gasteiger partial charge in [-0.1, -0.05) is 35.9 Å². The number of fused-ring (bicyclic) bond motifs is 1. The van der Waals surface area contributed by atoms with Gasteiger partial charge in [0.05, 0.1) is 34.7 Å². The minimum absolute atomic E-state index is 0.0475. The lowest BCUT2D eigenvalue weighted by molar-refractivity contribution is 0.0610. The first-order chi connectivity index (χ1) is 23.7. The summed E-state index contributed by atoms with van der Waals surface area (Å²) < 4.78 is 9.63. The number of anilines is 1. The molecule has 1 aliphatic heterocycles. The first-order valence-corrected chi connectivity index (χ1v) is 17.1. The standard InChI is InChI=1S/C36H33BrClN7O4/c1-21-18-44-31(19-43(21)35(47)22-7-14-28(37)29(38)15-22)33(45(36(44)48)24-8-10-25(11-9-24)49-26-12-13-26)34(46)40-17-23-5-3-4-6-27(23)30-16-32(39-2)42-20-41-30/h3-11,14-16,20-21,26H,12-13,17-19H2,1-2H3,(H,40,46)(H,39,41,42)/t21-/m0/s1. The second-order valence-electron chi connectivity index (χ2n) is 12.1. The van der Waals surface area contributed by atoms with Crippen LogP contribution < -0.4 is 21.1 Å². The zero-order valence-electron chi connectivity index (χ0n) is 26.8. The summed E-state index contributed by atoms with van der Waals surface area (Å²) in [4.78, 5) is 52.6. The zero-order chi connectivity index (χ0) is 34.2. The highest BCUT2D eigenvalue weighted by molar-refractivity contribution is 9.10. The van der Waals surface area contributed by atoms with Gasteiger partial charge < -0.3 is 20.3 Å². The van der Waals surface area contributed by atoms with Gasteiger partial charge in [-0.25, -0.2) is 14.8 Å². The van der Waals surface area contributed by atoms with E-state index in [0.717, 1.165) is 24.0 Å². The maximum atomic E-state index is 14.3. The number of benzene rings is 3. The van der Waals surface area contributed by atoms with Crippen LogP contribution in [0, 0.1) is 0 Å². The normalized spacial score (nSPS) is 15.4. The van der Waals surface area contributed by atoms with E-state index in [0.29, 0.717) is 43.7 Å². The number of nitrogens with zero attached hydrogens (tertiary/aromatic N) is 5. The van der Waals surface area contributed by atoms with Gasteiger partial charge in [0.1, 0.15) is 23.6 Å². The first kappa shape index (κ1) is 32.6. The highest BCUT2D eigenvalue weighted by atomic mass is 79.9. The molecular formula is C36H33BrClN7O4. The van der Waals surface area contributed by atoms with Crippen LogP contribution in [-0.4, -0.2) is 55.0 Å². The predicted octanol–water partition coefficient (Wildman–Crippen LogP) is 6.07. The number of aromatic nitrogens is 4. The van der Waals surface area contributed by atoms with Gasteiger partial charge in [0, 0.05) is 47.8 Å². The Labute approximate surface area is 296 Å². The summed E-state index contributed by atoms with van der Waals surface area (Å²) in [6.07, 6.45) is 3.75. The molecule has 1 aliphatic carbocycles. The third kappa shape index (κ3) is 6.58. The zero-order valence-corrected chi connectivity index (χ0v) is 29.2. The minimum atomic E-state index is -0.453. The molecule has 3 heterocycles.